The zero-order chi connectivity index (χ0) is 14.5. The number of rotatable bonds is 4. The highest BCUT2D eigenvalue weighted by Gasteiger charge is 2.18. The topological polar surface area (TPSA) is 98.3 Å². The van der Waals surface area contributed by atoms with Crippen LogP contribution in [0.3, 0.4) is 0 Å². The second-order valence-corrected chi connectivity index (χ2v) is 3.68. The van der Waals surface area contributed by atoms with E-state index < -0.39 is 4.92 Å². The molecule has 0 saturated heterocycles. The maximum absolute atomic E-state index is 11.0. The zero-order valence-electron chi connectivity index (χ0n) is 10.4. The SMILES string of the molecule is COc1ccc([N+](=O)[O-])c(Oc2cnccc2C#N)c1. The molecule has 2 aromatic rings. The zero-order valence-corrected chi connectivity index (χ0v) is 10.4. The van der Waals surface area contributed by atoms with Crippen molar-refractivity contribution in [1.82, 2.24) is 4.98 Å². The lowest BCUT2D eigenvalue weighted by Crippen LogP contribution is -1.96. The molecule has 0 aliphatic carbocycles. The summed E-state index contributed by atoms with van der Waals surface area (Å²) in [5.41, 5.74) is 0.00987. The van der Waals surface area contributed by atoms with Gasteiger partial charge in [-0.15, -0.1) is 0 Å². The number of pyridine rings is 1. The number of aromatic nitrogens is 1. The minimum atomic E-state index is -0.572. The van der Waals surface area contributed by atoms with Crippen LogP contribution in [0.15, 0.2) is 36.7 Å². The van der Waals surface area contributed by atoms with E-state index in [9.17, 15) is 10.1 Å². The summed E-state index contributed by atoms with van der Waals surface area (Å²) in [5, 5.41) is 19.9. The lowest BCUT2D eigenvalue weighted by molar-refractivity contribution is -0.385. The van der Waals surface area contributed by atoms with E-state index in [-0.39, 0.29) is 22.7 Å². The number of methoxy groups -OCH3 is 1. The van der Waals surface area contributed by atoms with E-state index in [0.29, 0.717) is 5.75 Å². The van der Waals surface area contributed by atoms with Crippen LogP contribution in [0.5, 0.6) is 17.2 Å². The van der Waals surface area contributed by atoms with Gasteiger partial charge < -0.3 is 9.47 Å². The standard InChI is InChI=1S/C13H9N3O4/c1-19-10-2-3-11(16(17)18)12(6-10)20-13-8-15-5-4-9(13)7-14/h2-6,8H,1H3. The van der Waals surface area contributed by atoms with Crippen LogP contribution < -0.4 is 9.47 Å². The van der Waals surface area contributed by atoms with Gasteiger partial charge >= 0.3 is 5.69 Å². The van der Waals surface area contributed by atoms with Crippen molar-refractivity contribution in [2.45, 2.75) is 0 Å². The van der Waals surface area contributed by atoms with E-state index in [1.807, 2.05) is 6.07 Å². The summed E-state index contributed by atoms with van der Waals surface area (Å²) in [4.78, 5) is 14.2. The fraction of sp³-hybridized carbons (Fsp3) is 0.0769. The Labute approximate surface area is 114 Å². The predicted molar refractivity (Wildman–Crippen MR) is 68.7 cm³/mol. The molecule has 0 unspecified atom stereocenters. The molecule has 2 rings (SSSR count). The molecule has 0 amide bonds. The van der Waals surface area contributed by atoms with E-state index in [4.69, 9.17) is 14.7 Å². The highest BCUT2D eigenvalue weighted by molar-refractivity contribution is 5.53. The molecule has 0 saturated carbocycles. The van der Waals surface area contributed by atoms with Gasteiger partial charge in [0, 0.05) is 18.3 Å². The average Bonchev–Trinajstić information content (AvgIpc) is 2.47. The van der Waals surface area contributed by atoms with E-state index in [1.165, 1.54) is 43.8 Å². The van der Waals surface area contributed by atoms with E-state index in [2.05, 4.69) is 4.98 Å². The molecule has 7 heteroatoms. The third kappa shape index (κ3) is 2.64. The van der Waals surface area contributed by atoms with E-state index in [0.717, 1.165) is 0 Å². The molecule has 0 bridgehead atoms. The Morgan fingerprint density at radius 3 is 2.80 bits per heavy atom. The fourth-order valence-corrected chi connectivity index (χ4v) is 1.53. The molecular formula is C13H9N3O4. The van der Waals surface area contributed by atoms with Gasteiger partial charge in [0.2, 0.25) is 5.75 Å². The van der Waals surface area contributed by atoms with Gasteiger partial charge in [-0.1, -0.05) is 0 Å². The predicted octanol–water partition coefficient (Wildman–Crippen LogP) is 2.66. The number of nitro groups is 1. The summed E-state index contributed by atoms with van der Waals surface area (Å²) >= 11 is 0. The first-order chi connectivity index (χ1) is 9.65. The van der Waals surface area contributed by atoms with Crippen LogP contribution in [0.25, 0.3) is 0 Å². The second kappa shape index (κ2) is 5.67. The fourth-order valence-electron chi connectivity index (χ4n) is 1.53. The van der Waals surface area contributed by atoms with Gasteiger partial charge in [0.05, 0.1) is 23.8 Å². The Bertz CT molecular complexity index is 694. The highest BCUT2D eigenvalue weighted by atomic mass is 16.6. The summed E-state index contributed by atoms with van der Waals surface area (Å²) in [5.74, 6) is 0.540. The van der Waals surface area contributed by atoms with Crippen LogP contribution in [-0.4, -0.2) is 17.0 Å². The molecular weight excluding hydrogens is 262 g/mol. The summed E-state index contributed by atoms with van der Waals surface area (Å²) in [7, 11) is 1.44. The van der Waals surface area contributed by atoms with Crippen molar-refractivity contribution in [2.75, 3.05) is 7.11 Å². The Morgan fingerprint density at radius 2 is 2.15 bits per heavy atom. The van der Waals surface area contributed by atoms with Crippen molar-refractivity contribution >= 4 is 5.69 Å². The average molecular weight is 271 g/mol. The summed E-state index contributed by atoms with van der Waals surface area (Å²) in [6.45, 7) is 0. The van der Waals surface area contributed by atoms with Crippen molar-refractivity contribution < 1.29 is 14.4 Å². The monoisotopic (exact) mass is 271 g/mol. The molecule has 100 valence electrons. The van der Waals surface area contributed by atoms with Gasteiger partial charge in [0.15, 0.2) is 5.75 Å². The van der Waals surface area contributed by atoms with Crippen LogP contribution in [0.4, 0.5) is 5.69 Å². The largest absolute Gasteiger partial charge is 0.497 e. The molecule has 0 aliphatic rings. The maximum Gasteiger partial charge on any atom is 0.311 e. The smallest absolute Gasteiger partial charge is 0.311 e. The summed E-state index contributed by atoms with van der Waals surface area (Å²) in [6.07, 6.45) is 2.76. The van der Waals surface area contributed by atoms with Crippen molar-refractivity contribution in [3.05, 3.63) is 52.3 Å². The lowest BCUT2D eigenvalue weighted by Gasteiger charge is -2.08. The Morgan fingerprint density at radius 1 is 1.35 bits per heavy atom. The van der Waals surface area contributed by atoms with Crippen molar-refractivity contribution in [3.8, 4) is 23.3 Å². The summed E-state index contributed by atoms with van der Waals surface area (Å²) < 4.78 is 10.4. The number of ether oxygens (including phenoxy) is 2. The Kier molecular flexibility index (Phi) is 3.77. The van der Waals surface area contributed by atoms with Crippen molar-refractivity contribution in [1.29, 1.82) is 5.26 Å². The number of nitro benzene ring substituents is 1. The molecule has 1 heterocycles. The van der Waals surface area contributed by atoms with Crippen molar-refractivity contribution in [2.24, 2.45) is 0 Å². The molecule has 0 N–H and O–H groups in total. The number of hydrogen-bond acceptors (Lipinski definition) is 6. The van der Waals surface area contributed by atoms with Crippen molar-refractivity contribution in [3.63, 3.8) is 0 Å². The van der Waals surface area contributed by atoms with E-state index >= 15 is 0 Å². The van der Waals surface area contributed by atoms with Crippen LogP contribution in [-0.2, 0) is 0 Å². The molecule has 1 aromatic carbocycles. The van der Waals surface area contributed by atoms with Gasteiger partial charge in [0.25, 0.3) is 0 Å². The van der Waals surface area contributed by atoms with Crippen LogP contribution >= 0.6 is 0 Å². The van der Waals surface area contributed by atoms with E-state index in [1.54, 1.807) is 0 Å². The molecule has 0 spiro atoms. The summed E-state index contributed by atoms with van der Waals surface area (Å²) in [6, 6.07) is 7.50. The lowest BCUT2D eigenvalue weighted by atomic mass is 10.2. The molecule has 1 aromatic heterocycles. The molecule has 0 atom stereocenters. The number of nitrogens with zero attached hydrogens (tertiary/aromatic N) is 3. The molecule has 0 aliphatic heterocycles. The maximum atomic E-state index is 11.0. The highest BCUT2D eigenvalue weighted by Crippen LogP contribution is 2.35. The Hall–Kier alpha value is -3.14. The molecule has 0 radical (unpaired) electrons. The molecule has 7 nitrogen and oxygen atoms in total. The first kappa shape index (κ1) is 13.3. The van der Waals surface area contributed by atoms with Gasteiger partial charge in [-0.3, -0.25) is 15.1 Å². The minimum Gasteiger partial charge on any atom is -0.497 e. The van der Waals surface area contributed by atoms with Gasteiger partial charge in [0.1, 0.15) is 11.8 Å². The molecule has 0 fully saturated rings. The number of hydrogen-bond donors (Lipinski definition) is 0. The quantitative estimate of drug-likeness (QED) is 0.626. The van der Waals surface area contributed by atoms with Crippen LogP contribution in [0.1, 0.15) is 5.56 Å². The van der Waals surface area contributed by atoms with Gasteiger partial charge in [-0.2, -0.15) is 5.26 Å². The van der Waals surface area contributed by atoms with Crippen LogP contribution in [0, 0.1) is 21.4 Å². The van der Waals surface area contributed by atoms with Gasteiger partial charge in [-0.05, 0) is 12.1 Å². The first-order valence-corrected chi connectivity index (χ1v) is 5.50. The Balaban J connectivity index is 2.46. The van der Waals surface area contributed by atoms with Crippen LogP contribution in [0.2, 0.25) is 0 Å². The first-order valence-electron chi connectivity index (χ1n) is 5.50. The second-order valence-electron chi connectivity index (χ2n) is 3.68. The third-order valence-corrected chi connectivity index (χ3v) is 2.49. The third-order valence-electron chi connectivity index (χ3n) is 2.49. The van der Waals surface area contributed by atoms with Gasteiger partial charge in [-0.25, -0.2) is 0 Å². The normalized spacial score (nSPS) is 9.60. The molecule has 20 heavy (non-hydrogen) atoms. The number of nitriles is 1. The number of benzene rings is 1. The minimum absolute atomic E-state index is 0.0150.